The van der Waals surface area contributed by atoms with E-state index in [1.165, 1.54) is 38.1 Å². The van der Waals surface area contributed by atoms with E-state index in [1.54, 1.807) is 11.3 Å². The third-order valence-corrected chi connectivity index (χ3v) is 11.7. The van der Waals surface area contributed by atoms with Crippen molar-refractivity contribution in [3.63, 3.8) is 0 Å². The van der Waals surface area contributed by atoms with Gasteiger partial charge in [-0.25, -0.2) is 9.97 Å². The van der Waals surface area contributed by atoms with Crippen LogP contribution in [0.4, 0.5) is 0 Å². The number of fused-ring (bicyclic) bond motifs is 12. The summed E-state index contributed by atoms with van der Waals surface area (Å²) >= 11 is 1.77. The van der Waals surface area contributed by atoms with Crippen molar-refractivity contribution in [3.05, 3.63) is 192 Å². The lowest BCUT2D eigenvalue weighted by Crippen LogP contribution is -2.32. The van der Waals surface area contributed by atoms with Crippen LogP contribution in [0.15, 0.2) is 170 Å². The molecule has 1 spiro atoms. The molecule has 9 aromatic rings. The molecule has 0 radical (unpaired) electrons. The van der Waals surface area contributed by atoms with E-state index in [1.807, 2.05) is 18.2 Å². The largest absolute Gasteiger partial charge is 0.457 e. The molecule has 0 fully saturated rings. The molecule has 0 N–H and O–H groups in total. The van der Waals surface area contributed by atoms with Crippen LogP contribution >= 0.6 is 11.3 Å². The van der Waals surface area contributed by atoms with Crippen LogP contribution in [0.2, 0.25) is 0 Å². The summed E-state index contributed by atoms with van der Waals surface area (Å²) in [4.78, 5) is 10.5. The summed E-state index contributed by atoms with van der Waals surface area (Å²) in [6, 6.07) is 60.6. The van der Waals surface area contributed by atoms with Crippen LogP contribution in [0.5, 0.6) is 11.5 Å². The molecule has 2 aromatic heterocycles. The molecule has 7 aromatic carbocycles. The molecule has 2 aliphatic rings. The number of nitrogens with zero attached hydrogens (tertiary/aromatic N) is 2. The minimum atomic E-state index is -0.544. The lowest BCUT2D eigenvalue weighted by atomic mass is 9.66. The van der Waals surface area contributed by atoms with Crippen molar-refractivity contribution < 1.29 is 4.74 Å². The first-order valence-corrected chi connectivity index (χ1v) is 18.1. The highest BCUT2D eigenvalue weighted by atomic mass is 32.1. The zero-order valence-electron chi connectivity index (χ0n) is 27.4. The Bertz CT molecular complexity index is 2790. The van der Waals surface area contributed by atoms with Crippen molar-refractivity contribution in [2.75, 3.05) is 0 Å². The van der Waals surface area contributed by atoms with E-state index in [-0.39, 0.29) is 0 Å². The average molecular weight is 669 g/mol. The van der Waals surface area contributed by atoms with Crippen molar-refractivity contribution in [1.29, 1.82) is 0 Å². The number of aromatic nitrogens is 2. The maximum absolute atomic E-state index is 6.60. The second-order valence-electron chi connectivity index (χ2n) is 13.3. The van der Waals surface area contributed by atoms with Crippen molar-refractivity contribution in [1.82, 2.24) is 9.97 Å². The number of hydrogen-bond donors (Lipinski definition) is 0. The molecule has 0 bridgehead atoms. The lowest BCUT2D eigenvalue weighted by Gasteiger charge is -2.39. The van der Waals surface area contributed by atoms with Gasteiger partial charge in [0.2, 0.25) is 0 Å². The quantitative estimate of drug-likeness (QED) is 0.188. The Labute approximate surface area is 299 Å². The van der Waals surface area contributed by atoms with Crippen LogP contribution in [0.1, 0.15) is 22.3 Å². The molecule has 51 heavy (non-hydrogen) atoms. The molecule has 0 saturated heterocycles. The molecule has 4 heteroatoms. The predicted octanol–water partition coefficient (Wildman–Crippen LogP) is 12.3. The number of thiophene rings is 1. The van der Waals surface area contributed by atoms with Gasteiger partial charge in [-0.3, -0.25) is 0 Å². The number of benzene rings is 7. The maximum atomic E-state index is 6.60. The van der Waals surface area contributed by atoms with Gasteiger partial charge in [-0.05, 0) is 63.7 Å². The van der Waals surface area contributed by atoms with E-state index in [0.717, 1.165) is 60.9 Å². The predicted molar refractivity (Wildman–Crippen MR) is 209 cm³/mol. The van der Waals surface area contributed by atoms with E-state index in [0.29, 0.717) is 0 Å². The van der Waals surface area contributed by atoms with Gasteiger partial charge in [0.15, 0.2) is 5.82 Å². The van der Waals surface area contributed by atoms with Crippen LogP contribution in [0.25, 0.3) is 65.2 Å². The van der Waals surface area contributed by atoms with Crippen LogP contribution in [0.3, 0.4) is 0 Å². The Morgan fingerprint density at radius 3 is 1.73 bits per heavy atom. The normalized spacial score (nSPS) is 13.4. The zero-order valence-corrected chi connectivity index (χ0v) is 28.2. The van der Waals surface area contributed by atoms with Crippen LogP contribution < -0.4 is 4.74 Å². The molecule has 0 saturated carbocycles. The minimum absolute atomic E-state index is 0.544. The summed E-state index contributed by atoms with van der Waals surface area (Å²) in [5.74, 6) is 2.51. The van der Waals surface area contributed by atoms with Crippen molar-refractivity contribution in [2.45, 2.75) is 5.41 Å². The molecule has 3 nitrogen and oxygen atoms in total. The molecule has 1 aliphatic heterocycles. The highest BCUT2D eigenvalue weighted by Gasteiger charge is 2.51. The second kappa shape index (κ2) is 10.8. The third-order valence-electron chi connectivity index (χ3n) is 10.6. The standard InChI is InChI=1S/C47H28N2OS/c1-3-13-29(14-4-1)31-23-25-36-34(27-31)35-28-32(24-26-37(35)47(36)38-18-8-10-20-40(38)50-41-21-11-9-19-39(41)47)43-45-44(33-17-7-12-22-42(33)51-45)49-46(48-43)30-15-5-2-6-16-30/h1-28H. The number of para-hydroxylation sites is 2. The van der Waals surface area contributed by atoms with Crippen molar-refractivity contribution in [3.8, 4) is 56.4 Å². The second-order valence-corrected chi connectivity index (χ2v) is 14.3. The fourth-order valence-corrected chi connectivity index (χ4v) is 9.52. The van der Waals surface area contributed by atoms with Gasteiger partial charge in [-0.2, -0.15) is 0 Å². The third kappa shape index (κ3) is 4.05. The van der Waals surface area contributed by atoms with Gasteiger partial charge in [-0.1, -0.05) is 140 Å². The molecular weight excluding hydrogens is 641 g/mol. The number of ether oxygens (including phenoxy) is 1. The summed E-state index contributed by atoms with van der Waals surface area (Å²) in [6.07, 6.45) is 0. The maximum Gasteiger partial charge on any atom is 0.160 e. The Hall–Kier alpha value is -6.36. The van der Waals surface area contributed by atoms with Gasteiger partial charge >= 0.3 is 0 Å². The van der Waals surface area contributed by atoms with Crippen LogP contribution in [0, 0.1) is 0 Å². The van der Waals surface area contributed by atoms with Gasteiger partial charge in [0.1, 0.15) is 11.5 Å². The topological polar surface area (TPSA) is 35.0 Å². The van der Waals surface area contributed by atoms with E-state index >= 15 is 0 Å². The minimum Gasteiger partial charge on any atom is -0.457 e. The lowest BCUT2D eigenvalue weighted by molar-refractivity contribution is 0.436. The molecule has 3 heterocycles. The van der Waals surface area contributed by atoms with Gasteiger partial charge in [0.05, 0.1) is 21.3 Å². The van der Waals surface area contributed by atoms with Gasteiger partial charge in [0, 0.05) is 32.3 Å². The molecule has 0 atom stereocenters. The zero-order chi connectivity index (χ0) is 33.5. The average Bonchev–Trinajstić information content (AvgIpc) is 3.72. The molecule has 11 rings (SSSR count). The first-order valence-electron chi connectivity index (χ1n) is 17.2. The van der Waals surface area contributed by atoms with Crippen LogP contribution in [-0.4, -0.2) is 9.97 Å². The monoisotopic (exact) mass is 668 g/mol. The Morgan fingerprint density at radius 2 is 1.02 bits per heavy atom. The van der Waals surface area contributed by atoms with E-state index < -0.39 is 5.41 Å². The van der Waals surface area contributed by atoms with Gasteiger partial charge < -0.3 is 4.74 Å². The summed E-state index contributed by atoms with van der Waals surface area (Å²) in [5.41, 5.74) is 13.1. The summed E-state index contributed by atoms with van der Waals surface area (Å²) in [5, 5.41) is 1.16. The molecule has 0 unspecified atom stereocenters. The molecule has 1 aliphatic carbocycles. The summed E-state index contributed by atoms with van der Waals surface area (Å²) in [6.45, 7) is 0. The molecular formula is C47H28N2OS. The first-order chi connectivity index (χ1) is 25.3. The van der Waals surface area contributed by atoms with Crippen molar-refractivity contribution >= 4 is 31.6 Å². The van der Waals surface area contributed by atoms with E-state index in [4.69, 9.17) is 14.7 Å². The Balaban J connectivity index is 1.23. The SMILES string of the molecule is c1ccc(-c2ccc3c(c2)-c2cc(-c4nc(-c5ccccc5)nc5c4sc4ccccc45)ccc2C32c3ccccc3Oc3ccccc32)cc1. The number of rotatable bonds is 3. The van der Waals surface area contributed by atoms with Crippen LogP contribution in [-0.2, 0) is 5.41 Å². The van der Waals surface area contributed by atoms with E-state index in [2.05, 4.69) is 152 Å². The Kier molecular flexibility index (Phi) is 6.04. The van der Waals surface area contributed by atoms with Gasteiger partial charge in [0.25, 0.3) is 0 Å². The first kappa shape index (κ1) is 28.5. The Morgan fingerprint density at radius 1 is 0.451 bits per heavy atom. The summed E-state index contributed by atoms with van der Waals surface area (Å²) in [7, 11) is 0. The van der Waals surface area contributed by atoms with Crippen molar-refractivity contribution in [2.24, 2.45) is 0 Å². The highest BCUT2D eigenvalue weighted by molar-refractivity contribution is 7.26. The van der Waals surface area contributed by atoms with E-state index in [9.17, 15) is 0 Å². The fourth-order valence-electron chi connectivity index (χ4n) is 8.37. The smallest absolute Gasteiger partial charge is 0.160 e. The highest BCUT2D eigenvalue weighted by Crippen LogP contribution is 2.62. The fraction of sp³-hybridized carbons (Fsp3) is 0.0213. The number of hydrogen-bond acceptors (Lipinski definition) is 4. The van der Waals surface area contributed by atoms with Gasteiger partial charge in [-0.15, -0.1) is 11.3 Å². The summed E-state index contributed by atoms with van der Waals surface area (Å²) < 4.78 is 8.91. The molecule has 0 amide bonds. The molecule has 238 valence electrons.